The molecule has 0 unspecified atom stereocenters. The molecule has 0 aromatic heterocycles. The van der Waals surface area contributed by atoms with Gasteiger partial charge in [-0.3, -0.25) is 9.59 Å². The van der Waals surface area contributed by atoms with Crippen LogP contribution in [0.1, 0.15) is 35.7 Å². The van der Waals surface area contributed by atoms with E-state index < -0.39 is 28.9 Å². The van der Waals surface area contributed by atoms with Gasteiger partial charge in [0.1, 0.15) is 11.3 Å². The number of fused-ring (bicyclic) bond motifs is 1. The average Bonchev–Trinajstić information content (AvgIpc) is 2.63. The number of carbonyl (C=O) groups excluding carboxylic acids is 2. The molecule has 1 aromatic rings. The summed E-state index contributed by atoms with van der Waals surface area (Å²) < 4.78 is 0. The van der Waals surface area contributed by atoms with Crippen LogP contribution in [0.5, 0.6) is 11.5 Å². The lowest BCUT2D eigenvalue weighted by Gasteiger charge is -2.04. The molecule has 0 aliphatic heterocycles. The number of nitrogens with one attached hydrogen (secondary N) is 1. The highest BCUT2D eigenvalue weighted by atomic mass is 16.3. The number of aliphatic hydroxyl groups excluding tert-OH is 1. The minimum atomic E-state index is -0.665. The molecule has 0 radical (unpaired) electrons. The van der Waals surface area contributed by atoms with Gasteiger partial charge in [-0.15, -0.1) is 0 Å². The van der Waals surface area contributed by atoms with E-state index in [9.17, 15) is 24.9 Å². The quantitative estimate of drug-likeness (QED) is 0.379. The Kier molecular flexibility index (Phi) is 3.65. The van der Waals surface area contributed by atoms with Gasteiger partial charge in [-0.1, -0.05) is 13.3 Å². The molecule has 6 heteroatoms. The fourth-order valence-corrected chi connectivity index (χ4v) is 2.02. The number of unbranched alkanes of at least 4 members (excludes halogenated alkanes) is 1. The van der Waals surface area contributed by atoms with Crippen LogP contribution in [0, 0.1) is 0 Å². The van der Waals surface area contributed by atoms with Gasteiger partial charge in [0.15, 0.2) is 11.5 Å². The molecule has 0 saturated carbocycles. The number of aromatic hydroxyl groups is 2. The Morgan fingerprint density at radius 3 is 2.35 bits per heavy atom. The third-order valence-corrected chi connectivity index (χ3v) is 3.12. The van der Waals surface area contributed by atoms with Crippen molar-refractivity contribution in [3.8, 4) is 11.5 Å². The first-order valence-electron chi connectivity index (χ1n) is 6.29. The molecule has 106 valence electrons. The van der Waals surface area contributed by atoms with E-state index in [1.165, 1.54) is 0 Å². The van der Waals surface area contributed by atoms with Crippen LogP contribution >= 0.6 is 0 Å². The highest BCUT2D eigenvalue weighted by Gasteiger charge is 2.35. The van der Waals surface area contributed by atoms with Crippen molar-refractivity contribution in [2.24, 2.45) is 0 Å². The van der Waals surface area contributed by atoms with Gasteiger partial charge in [0.05, 0.1) is 0 Å². The zero-order chi connectivity index (χ0) is 14.9. The zero-order valence-corrected chi connectivity index (χ0v) is 10.9. The second-order valence-corrected chi connectivity index (χ2v) is 4.55. The lowest BCUT2D eigenvalue weighted by Crippen LogP contribution is -2.28. The third-order valence-electron chi connectivity index (χ3n) is 3.12. The minimum absolute atomic E-state index is 0.00144. The molecule has 0 fully saturated rings. The third kappa shape index (κ3) is 2.20. The van der Waals surface area contributed by atoms with Crippen molar-refractivity contribution in [1.29, 1.82) is 0 Å². The molecular formula is C14H15NO5. The fourth-order valence-electron chi connectivity index (χ4n) is 2.02. The Hall–Kier alpha value is -2.50. The maximum Gasteiger partial charge on any atom is 0.259 e. The number of ketones is 1. The van der Waals surface area contributed by atoms with E-state index in [2.05, 4.69) is 5.32 Å². The van der Waals surface area contributed by atoms with Gasteiger partial charge < -0.3 is 20.6 Å². The standard InChI is InChI=1S/C14H15NO5/c1-2-3-4-15-14(20)11-12(18)7-5-9(16)10(17)6-8(7)13(11)19/h5-6,16-18H,2-4H2,1H3,(H,15,20). The van der Waals surface area contributed by atoms with Gasteiger partial charge in [0.25, 0.3) is 5.91 Å². The Morgan fingerprint density at radius 2 is 1.75 bits per heavy atom. The van der Waals surface area contributed by atoms with Crippen LogP contribution in [0.15, 0.2) is 17.7 Å². The molecule has 0 atom stereocenters. The molecule has 1 aliphatic carbocycles. The Morgan fingerprint density at radius 1 is 1.15 bits per heavy atom. The Bertz CT molecular complexity index is 618. The minimum Gasteiger partial charge on any atom is -0.506 e. The van der Waals surface area contributed by atoms with Gasteiger partial charge in [-0.05, 0) is 18.6 Å². The maximum absolute atomic E-state index is 12.1. The number of Topliss-reactive ketones (excluding diaryl/α,β-unsaturated/α-hetero) is 1. The Balaban J connectivity index is 2.33. The van der Waals surface area contributed by atoms with Gasteiger partial charge in [0.2, 0.25) is 5.78 Å². The van der Waals surface area contributed by atoms with E-state index in [0.717, 1.165) is 25.0 Å². The second kappa shape index (κ2) is 5.24. The second-order valence-electron chi connectivity index (χ2n) is 4.55. The molecule has 0 spiro atoms. The zero-order valence-electron chi connectivity index (χ0n) is 10.9. The number of aliphatic hydroxyl groups is 1. The van der Waals surface area contributed by atoms with E-state index in [4.69, 9.17) is 0 Å². The highest BCUT2D eigenvalue weighted by Crippen LogP contribution is 2.38. The number of hydrogen-bond donors (Lipinski definition) is 4. The van der Waals surface area contributed by atoms with Gasteiger partial charge in [0, 0.05) is 17.7 Å². The van der Waals surface area contributed by atoms with Gasteiger partial charge >= 0.3 is 0 Å². The number of carbonyl (C=O) groups is 2. The van der Waals surface area contributed by atoms with E-state index >= 15 is 0 Å². The number of phenolic OH excluding ortho intramolecular Hbond substituents is 2. The number of rotatable bonds is 4. The first-order chi connectivity index (χ1) is 9.47. The summed E-state index contributed by atoms with van der Waals surface area (Å²) in [4.78, 5) is 24.0. The lowest BCUT2D eigenvalue weighted by atomic mass is 10.1. The first-order valence-corrected chi connectivity index (χ1v) is 6.29. The Labute approximate surface area is 115 Å². The number of phenols is 2. The van der Waals surface area contributed by atoms with E-state index in [1.54, 1.807) is 0 Å². The normalized spacial score (nSPS) is 13.6. The van der Waals surface area contributed by atoms with Crippen molar-refractivity contribution in [1.82, 2.24) is 5.32 Å². The monoisotopic (exact) mass is 277 g/mol. The smallest absolute Gasteiger partial charge is 0.259 e. The maximum atomic E-state index is 12.1. The van der Waals surface area contributed by atoms with Crippen LogP contribution in [-0.2, 0) is 4.79 Å². The van der Waals surface area contributed by atoms with Crippen molar-refractivity contribution in [2.45, 2.75) is 19.8 Å². The van der Waals surface area contributed by atoms with Crippen molar-refractivity contribution in [2.75, 3.05) is 6.54 Å². The molecular weight excluding hydrogens is 262 g/mol. The topological polar surface area (TPSA) is 107 Å². The molecule has 0 heterocycles. The van der Waals surface area contributed by atoms with Crippen LogP contribution < -0.4 is 5.32 Å². The summed E-state index contributed by atoms with van der Waals surface area (Å²) in [5.41, 5.74) is -0.314. The van der Waals surface area contributed by atoms with Crippen LogP contribution in [0.25, 0.3) is 5.76 Å². The van der Waals surface area contributed by atoms with Gasteiger partial charge in [-0.2, -0.15) is 0 Å². The highest BCUT2D eigenvalue weighted by molar-refractivity contribution is 6.33. The van der Waals surface area contributed by atoms with Crippen molar-refractivity contribution in [3.63, 3.8) is 0 Å². The molecule has 1 aromatic carbocycles. The molecule has 0 bridgehead atoms. The van der Waals surface area contributed by atoms with E-state index in [1.807, 2.05) is 6.92 Å². The van der Waals surface area contributed by atoms with Crippen molar-refractivity contribution >= 4 is 17.4 Å². The summed E-state index contributed by atoms with van der Waals surface area (Å²) >= 11 is 0. The first kappa shape index (κ1) is 13.9. The summed E-state index contributed by atoms with van der Waals surface area (Å²) in [5, 5.41) is 31.3. The van der Waals surface area contributed by atoms with Crippen LogP contribution in [0.2, 0.25) is 0 Å². The van der Waals surface area contributed by atoms with Crippen LogP contribution in [0.3, 0.4) is 0 Å². The summed E-state index contributed by atoms with van der Waals surface area (Å²) in [6.45, 7) is 2.37. The van der Waals surface area contributed by atoms with Crippen LogP contribution in [-0.4, -0.2) is 33.6 Å². The molecule has 2 rings (SSSR count). The van der Waals surface area contributed by atoms with E-state index in [-0.39, 0.29) is 16.7 Å². The fraction of sp³-hybridized carbons (Fsp3) is 0.286. The van der Waals surface area contributed by atoms with Gasteiger partial charge in [-0.25, -0.2) is 0 Å². The van der Waals surface area contributed by atoms with Crippen molar-refractivity contribution in [3.05, 3.63) is 28.8 Å². The number of benzene rings is 1. The molecule has 20 heavy (non-hydrogen) atoms. The summed E-state index contributed by atoms with van der Waals surface area (Å²) in [5.74, 6) is -2.74. The largest absolute Gasteiger partial charge is 0.506 e. The lowest BCUT2D eigenvalue weighted by molar-refractivity contribution is -0.117. The predicted molar refractivity (Wildman–Crippen MR) is 71.6 cm³/mol. The van der Waals surface area contributed by atoms with Crippen molar-refractivity contribution < 1.29 is 24.9 Å². The number of hydrogen-bond acceptors (Lipinski definition) is 5. The molecule has 4 N–H and O–H groups in total. The average molecular weight is 277 g/mol. The molecule has 0 saturated heterocycles. The summed E-state index contributed by atoms with van der Waals surface area (Å²) in [7, 11) is 0. The SMILES string of the molecule is CCCCNC(=O)C1=C(O)c2cc(O)c(O)cc2C1=O. The predicted octanol–water partition coefficient (Wildman–Crippen LogP) is 1.48. The van der Waals surface area contributed by atoms with E-state index in [0.29, 0.717) is 6.54 Å². The van der Waals surface area contributed by atoms with Crippen LogP contribution in [0.4, 0.5) is 0 Å². The summed E-state index contributed by atoms with van der Waals surface area (Å²) in [6.07, 6.45) is 1.66. The number of amides is 1. The molecule has 1 amide bonds. The summed E-state index contributed by atoms with van der Waals surface area (Å²) in [6, 6.07) is 2.10. The molecule has 6 nitrogen and oxygen atoms in total. The molecule has 1 aliphatic rings.